The van der Waals surface area contributed by atoms with Gasteiger partial charge in [-0.1, -0.05) is 0 Å². The molecule has 0 aliphatic carbocycles. The van der Waals surface area contributed by atoms with Crippen LogP contribution >= 0.6 is 0 Å². The highest BCUT2D eigenvalue weighted by Gasteiger charge is 2.17. The Balaban J connectivity index is 2.50. The maximum absolute atomic E-state index is 14.8. The van der Waals surface area contributed by atoms with Gasteiger partial charge in [0.05, 0.1) is 14.2 Å². The standard InChI is InChI=1S/C23H28F2N2O3/c1-13(2)26-16-7-8-17(19(24)11-16)18-12-21(29-5)15(10-22(18)30-6)9-20(25)23(28)27-14(3)4/h7-14,26H,1-6H3,(H,27,28). The summed E-state index contributed by atoms with van der Waals surface area (Å²) in [4.78, 5) is 11.9. The number of rotatable bonds is 8. The minimum Gasteiger partial charge on any atom is -0.496 e. The lowest BCUT2D eigenvalue weighted by Crippen LogP contribution is -2.30. The Morgan fingerprint density at radius 3 is 2.17 bits per heavy atom. The van der Waals surface area contributed by atoms with E-state index >= 15 is 0 Å². The molecule has 0 radical (unpaired) electrons. The van der Waals surface area contributed by atoms with Gasteiger partial charge in [-0.2, -0.15) is 0 Å². The smallest absolute Gasteiger partial charge is 0.280 e. The van der Waals surface area contributed by atoms with Crippen LogP contribution in [-0.4, -0.2) is 32.2 Å². The van der Waals surface area contributed by atoms with Gasteiger partial charge in [0.1, 0.15) is 17.3 Å². The van der Waals surface area contributed by atoms with Crippen LogP contribution in [0.3, 0.4) is 0 Å². The van der Waals surface area contributed by atoms with E-state index in [0.717, 1.165) is 6.08 Å². The van der Waals surface area contributed by atoms with E-state index in [4.69, 9.17) is 9.47 Å². The van der Waals surface area contributed by atoms with E-state index in [9.17, 15) is 13.6 Å². The number of hydrogen-bond acceptors (Lipinski definition) is 4. The number of methoxy groups -OCH3 is 2. The van der Waals surface area contributed by atoms with Crippen LogP contribution in [0.1, 0.15) is 33.3 Å². The molecule has 30 heavy (non-hydrogen) atoms. The maximum atomic E-state index is 14.8. The Morgan fingerprint density at radius 1 is 0.967 bits per heavy atom. The fourth-order valence-corrected chi connectivity index (χ4v) is 2.93. The molecule has 0 unspecified atom stereocenters. The Bertz CT molecular complexity index is 940. The van der Waals surface area contributed by atoms with Gasteiger partial charge in [0.15, 0.2) is 5.83 Å². The highest BCUT2D eigenvalue weighted by Crippen LogP contribution is 2.39. The Kier molecular flexibility index (Phi) is 7.80. The van der Waals surface area contributed by atoms with Crippen LogP contribution < -0.4 is 20.1 Å². The van der Waals surface area contributed by atoms with E-state index in [1.165, 1.54) is 26.4 Å². The Labute approximate surface area is 176 Å². The number of carbonyl (C=O) groups excluding carboxylic acids is 1. The minimum absolute atomic E-state index is 0.166. The molecule has 0 saturated heterocycles. The second-order valence-electron chi connectivity index (χ2n) is 7.41. The molecule has 0 heterocycles. The van der Waals surface area contributed by atoms with Gasteiger partial charge < -0.3 is 20.1 Å². The van der Waals surface area contributed by atoms with Crippen molar-refractivity contribution in [1.29, 1.82) is 0 Å². The molecule has 2 N–H and O–H groups in total. The zero-order chi connectivity index (χ0) is 22.4. The van der Waals surface area contributed by atoms with Crippen molar-refractivity contribution in [2.75, 3.05) is 19.5 Å². The first kappa shape index (κ1) is 23.2. The third-order valence-electron chi connectivity index (χ3n) is 4.19. The highest BCUT2D eigenvalue weighted by molar-refractivity contribution is 5.96. The van der Waals surface area contributed by atoms with E-state index in [2.05, 4.69) is 10.6 Å². The molecule has 0 aliphatic heterocycles. The predicted molar refractivity (Wildman–Crippen MR) is 116 cm³/mol. The van der Waals surface area contributed by atoms with Crippen LogP contribution in [0.5, 0.6) is 11.5 Å². The van der Waals surface area contributed by atoms with Crippen LogP contribution in [0.15, 0.2) is 36.2 Å². The van der Waals surface area contributed by atoms with Crippen LogP contribution in [0.4, 0.5) is 14.5 Å². The second kappa shape index (κ2) is 10.1. The fraction of sp³-hybridized carbons (Fsp3) is 0.348. The molecule has 2 aromatic carbocycles. The van der Waals surface area contributed by atoms with Crippen molar-refractivity contribution in [2.24, 2.45) is 0 Å². The van der Waals surface area contributed by atoms with E-state index in [1.54, 1.807) is 32.0 Å². The molecular weight excluding hydrogens is 390 g/mol. The van der Waals surface area contributed by atoms with Crippen molar-refractivity contribution >= 4 is 17.7 Å². The lowest BCUT2D eigenvalue weighted by Gasteiger charge is -2.16. The van der Waals surface area contributed by atoms with Crippen molar-refractivity contribution in [3.63, 3.8) is 0 Å². The lowest BCUT2D eigenvalue weighted by molar-refractivity contribution is -0.119. The Morgan fingerprint density at radius 2 is 1.63 bits per heavy atom. The first-order valence-electron chi connectivity index (χ1n) is 9.66. The molecule has 0 aromatic heterocycles. The summed E-state index contributed by atoms with van der Waals surface area (Å²) in [6, 6.07) is 7.86. The van der Waals surface area contributed by atoms with Gasteiger partial charge in [-0.15, -0.1) is 0 Å². The van der Waals surface area contributed by atoms with Crippen molar-refractivity contribution in [3.8, 4) is 22.6 Å². The quantitative estimate of drug-likeness (QED) is 0.581. The molecule has 0 atom stereocenters. The van der Waals surface area contributed by atoms with E-state index < -0.39 is 17.6 Å². The molecular formula is C23H28F2N2O3. The first-order valence-corrected chi connectivity index (χ1v) is 9.66. The van der Waals surface area contributed by atoms with Gasteiger partial charge in [0.25, 0.3) is 5.91 Å². The number of anilines is 1. The SMILES string of the molecule is COc1cc(-c2ccc(NC(C)C)cc2F)c(OC)cc1C=C(F)C(=O)NC(C)C. The summed E-state index contributed by atoms with van der Waals surface area (Å²) in [5, 5.41) is 5.63. The van der Waals surface area contributed by atoms with Crippen molar-refractivity contribution in [1.82, 2.24) is 5.32 Å². The van der Waals surface area contributed by atoms with Gasteiger partial charge in [0.2, 0.25) is 0 Å². The Hall–Kier alpha value is -3.09. The summed E-state index contributed by atoms with van der Waals surface area (Å²) in [7, 11) is 2.86. The van der Waals surface area contributed by atoms with Crippen LogP contribution in [0.25, 0.3) is 17.2 Å². The van der Waals surface area contributed by atoms with Gasteiger partial charge >= 0.3 is 0 Å². The number of ether oxygens (including phenoxy) is 2. The summed E-state index contributed by atoms with van der Waals surface area (Å²) in [6.07, 6.45) is 1.06. The third-order valence-corrected chi connectivity index (χ3v) is 4.19. The normalized spacial score (nSPS) is 11.6. The zero-order valence-electron chi connectivity index (χ0n) is 18.1. The number of amides is 1. The van der Waals surface area contributed by atoms with Gasteiger partial charge in [-0.3, -0.25) is 4.79 Å². The topological polar surface area (TPSA) is 59.6 Å². The summed E-state index contributed by atoms with van der Waals surface area (Å²) in [5.74, 6) is -1.63. The molecule has 7 heteroatoms. The summed E-state index contributed by atoms with van der Waals surface area (Å²) in [6.45, 7) is 7.40. The second-order valence-corrected chi connectivity index (χ2v) is 7.41. The summed E-state index contributed by atoms with van der Waals surface area (Å²) < 4.78 is 39.9. The predicted octanol–water partition coefficient (Wildman–Crippen LogP) is 5.17. The van der Waals surface area contributed by atoms with Crippen LogP contribution in [-0.2, 0) is 4.79 Å². The van der Waals surface area contributed by atoms with Crippen molar-refractivity contribution < 1.29 is 23.0 Å². The zero-order valence-corrected chi connectivity index (χ0v) is 18.1. The summed E-state index contributed by atoms with van der Waals surface area (Å²) in [5.41, 5.74) is 1.73. The molecule has 2 rings (SSSR count). The van der Waals surface area contributed by atoms with E-state index in [1.807, 2.05) is 13.8 Å². The highest BCUT2D eigenvalue weighted by atomic mass is 19.1. The van der Waals surface area contributed by atoms with Gasteiger partial charge in [-0.05, 0) is 64.1 Å². The molecule has 0 saturated carbocycles. The number of benzene rings is 2. The molecule has 0 fully saturated rings. The molecule has 0 spiro atoms. The molecule has 1 amide bonds. The van der Waals surface area contributed by atoms with Gasteiger partial charge in [-0.25, -0.2) is 8.78 Å². The van der Waals surface area contributed by atoms with Crippen molar-refractivity contribution in [3.05, 3.63) is 47.5 Å². The number of halogens is 2. The van der Waals surface area contributed by atoms with Crippen LogP contribution in [0, 0.1) is 5.82 Å². The fourth-order valence-electron chi connectivity index (χ4n) is 2.93. The van der Waals surface area contributed by atoms with Gasteiger partial charge in [0, 0.05) is 34.5 Å². The van der Waals surface area contributed by atoms with E-state index in [-0.39, 0.29) is 17.8 Å². The monoisotopic (exact) mass is 418 g/mol. The number of nitrogens with one attached hydrogen (secondary N) is 2. The van der Waals surface area contributed by atoms with E-state index in [0.29, 0.717) is 28.1 Å². The average molecular weight is 418 g/mol. The maximum Gasteiger partial charge on any atom is 0.280 e. The first-order chi connectivity index (χ1) is 14.2. The molecule has 2 aromatic rings. The number of hydrogen-bond donors (Lipinski definition) is 2. The molecule has 0 aliphatic rings. The average Bonchev–Trinajstić information content (AvgIpc) is 2.67. The van der Waals surface area contributed by atoms with Crippen LogP contribution in [0.2, 0.25) is 0 Å². The third kappa shape index (κ3) is 5.72. The minimum atomic E-state index is -0.966. The lowest BCUT2D eigenvalue weighted by atomic mass is 10.00. The summed E-state index contributed by atoms with van der Waals surface area (Å²) >= 11 is 0. The largest absolute Gasteiger partial charge is 0.496 e. The van der Waals surface area contributed by atoms with Crippen molar-refractivity contribution in [2.45, 2.75) is 39.8 Å². The number of carbonyl (C=O) groups is 1. The molecule has 5 nitrogen and oxygen atoms in total. The molecule has 0 bridgehead atoms. The molecule has 162 valence electrons.